The standard InChI is InChI=1S/C4H10N2O2/c1-4(6,8-2)3(5)7/h6H2,1-2H3,(H2,5,7). The lowest BCUT2D eigenvalue weighted by Crippen LogP contribution is -2.50. The van der Waals surface area contributed by atoms with Gasteiger partial charge in [0, 0.05) is 7.11 Å². The van der Waals surface area contributed by atoms with Crippen molar-refractivity contribution in [2.45, 2.75) is 12.6 Å². The van der Waals surface area contributed by atoms with E-state index in [1.807, 2.05) is 0 Å². The van der Waals surface area contributed by atoms with Crippen molar-refractivity contribution in [3.05, 3.63) is 0 Å². The highest BCUT2D eigenvalue weighted by Gasteiger charge is 2.23. The molecule has 0 bridgehead atoms. The lowest BCUT2D eigenvalue weighted by molar-refractivity contribution is -0.137. The number of methoxy groups -OCH3 is 1. The van der Waals surface area contributed by atoms with Crippen LogP contribution >= 0.6 is 0 Å². The summed E-state index contributed by atoms with van der Waals surface area (Å²) in [7, 11) is 1.32. The molecule has 4 N–H and O–H groups in total. The van der Waals surface area contributed by atoms with Crippen LogP contribution in [-0.2, 0) is 9.53 Å². The second kappa shape index (κ2) is 2.11. The first-order chi connectivity index (χ1) is 3.50. The second-order valence-corrected chi connectivity index (χ2v) is 1.68. The summed E-state index contributed by atoms with van der Waals surface area (Å²) in [5.74, 6) is -0.667. The van der Waals surface area contributed by atoms with E-state index in [2.05, 4.69) is 4.74 Å². The van der Waals surface area contributed by atoms with Gasteiger partial charge < -0.3 is 10.5 Å². The van der Waals surface area contributed by atoms with Gasteiger partial charge in [0.2, 0.25) is 0 Å². The third-order valence-electron chi connectivity index (χ3n) is 0.913. The number of rotatable bonds is 2. The molecule has 4 nitrogen and oxygen atoms in total. The Morgan fingerprint density at radius 2 is 2.12 bits per heavy atom. The molecule has 48 valence electrons. The van der Waals surface area contributed by atoms with E-state index in [9.17, 15) is 4.79 Å². The van der Waals surface area contributed by atoms with Gasteiger partial charge in [0.1, 0.15) is 0 Å². The van der Waals surface area contributed by atoms with Gasteiger partial charge >= 0.3 is 0 Å². The first kappa shape index (κ1) is 7.39. The lowest BCUT2D eigenvalue weighted by atomic mass is 10.3. The summed E-state index contributed by atoms with van der Waals surface area (Å²) in [5, 5.41) is 0. The topological polar surface area (TPSA) is 78.3 Å². The molecule has 0 rings (SSSR count). The quantitative estimate of drug-likeness (QED) is 0.447. The van der Waals surface area contributed by atoms with Crippen molar-refractivity contribution >= 4 is 5.91 Å². The summed E-state index contributed by atoms with van der Waals surface area (Å²) < 4.78 is 4.50. The number of carbonyl (C=O) groups is 1. The van der Waals surface area contributed by atoms with E-state index in [1.165, 1.54) is 14.0 Å². The molecule has 1 unspecified atom stereocenters. The molecule has 4 heteroatoms. The molecule has 0 saturated carbocycles. The highest BCUT2D eigenvalue weighted by molar-refractivity contribution is 5.82. The van der Waals surface area contributed by atoms with Crippen LogP contribution in [0.1, 0.15) is 6.92 Å². The van der Waals surface area contributed by atoms with Gasteiger partial charge in [-0.1, -0.05) is 0 Å². The number of hydrogen-bond acceptors (Lipinski definition) is 3. The predicted molar refractivity (Wildman–Crippen MR) is 28.8 cm³/mol. The molecule has 0 saturated heterocycles. The smallest absolute Gasteiger partial charge is 0.264 e. The largest absolute Gasteiger partial charge is 0.366 e. The van der Waals surface area contributed by atoms with Gasteiger partial charge in [0.25, 0.3) is 5.91 Å². The molecule has 0 fully saturated rings. The van der Waals surface area contributed by atoms with Crippen molar-refractivity contribution < 1.29 is 9.53 Å². The number of ether oxygens (including phenoxy) is 1. The van der Waals surface area contributed by atoms with Crippen LogP contribution in [0.4, 0.5) is 0 Å². The minimum Gasteiger partial charge on any atom is -0.366 e. The van der Waals surface area contributed by atoms with Gasteiger partial charge in [0.15, 0.2) is 5.72 Å². The molecule has 0 heterocycles. The molecule has 0 radical (unpaired) electrons. The van der Waals surface area contributed by atoms with Crippen LogP contribution in [-0.4, -0.2) is 18.7 Å². The summed E-state index contributed by atoms with van der Waals surface area (Å²) in [5.41, 5.74) is 8.63. The zero-order valence-corrected chi connectivity index (χ0v) is 4.97. The number of primary amides is 1. The highest BCUT2D eigenvalue weighted by Crippen LogP contribution is 1.95. The molecule has 0 aliphatic rings. The van der Waals surface area contributed by atoms with Gasteiger partial charge in [-0.25, -0.2) is 0 Å². The van der Waals surface area contributed by atoms with Gasteiger partial charge in [-0.2, -0.15) is 0 Å². The van der Waals surface area contributed by atoms with Crippen molar-refractivity contribution in [3.8, 4) is 0 Å². The van der Waals surface area contributed by atoms with Gasteiger partial charge in [-0.3, -0.25) is 10.5 Å². The van der Waals surface area contributed by atoms with E-state index in [-0.39, 0.29) is 0 Å². The SMILES string of the molecule is COC(C)(N)C(N)=O. The lowest BCUT2D eigenvalue weighted by Gasteiger charge is -2.16. The minimum absolute atomic E-state index is 0.667. The van der Waals surface area contributed by atoms with Crippen LogP contribution in [0.15, 0.2) is 0 Å². The van der Waals surface area contributed by atoms with E-state index in [0.717, 1.165) is 0 Å². The fraction of sp³-hybridized carbons (Fsp3) is 0.750. The Labute approximate surface area is 47.8 Å². The van der Waals surface area contributed by atoms with Crippen molar-refractivity contribution in [3.63, 3.8) is 0 Å². The molecule has 0 spiro atoms. The van der Waals surface area contributed by atoms with Crippen molar-refractivity contribution in [2.75, 3.05) is 7.11 Å². The van der Waals surface area contributed by atoms with Crippen molar-refractivity contribution in [1.29, 1.82) is 0 Å². The molecule has 0 aliphatic carbocycles. The van der Waals surface area contributed by atoms with E-state index in [0.29, 0.717) is 0 Å². The summed E-state index contributed by atoms with van der Waals surface area (Å²) in [6, 6.07) is 0. The zero-order chi connectivity index (χ0) is 6.78. The molecular formula is C4H10N2O2. The summed E-state index contributed by atoms with van der Waals surface area (Å²) in [6.07, 6.45) is 0. The van der Waals surface area contributed by atoms with Gasteiger partial charge in [0.05, 0.1) is 0 Å². The Morgan fingerprint density at radius 1 is 1.75 bits per heavy atom. The number of amides is 1. The summed E-state index contributed by atoms with van der Waals surface area (Å²) in [6.45, 7) is 1.40. The van der Waals surface area contributed by atoms with Crippen LogP contribution in [0.3, 0.4) is 0 Å². The molecule has 0 aliphatic heterocycles. The molecule has 0 aromatic rings. The Bertz CT molecular complexity index is 100. The molecule has 0 aromatic carbocycles. The van der Waals surface area contributed by atoms with Gasteiger partial charge in [-0.15, -0.1) is 0 Å². The van der Waals surface area contributed by atoms with E-state index in [4.69, 9.17) is 11.5 Å². The van der Waals surface area contributed by atoms with Crippen LogP contribution in [0.25, 0.3) is 0 Å². The molecule has 1 atom stereocenters. The minimum atomic E-state index is -1.32. The fourth-order valence-electron chi connectivity index (χ4n) is 0.101. The van der Waals surface area contributed by atoms with Crippen LogP contribution in [0.2, 0.25) is 0 Å². The summed E-state index contributed by atoms with van der Waals surface area (Å²) >= 11 is 0. The maximum Gasteiger partial charge on any atom is 0.264 e. The molecule has 1 amide bonds. The first-order valence-electron chi connectivity index (χ1n) is 2.14. The highest BCUT2D eigenvalue weighted by atomic mass is 16.5. The predicted octanol–water partition coefficient (Wildman–Crippen LogP) is -1.21. The average Bonchev–Trinajstić information content (AvgIpc) is 1.67. The Hall–Kier alpha value is -0.610. The van der Waals surface area contributed by atoms with Crippen LogP contribution < -0.4 is 11.5 Å². The number of hydrogen-bond donors (Lipinski definition) is 2. The number of carbonyl (C=O) groups excluding carboxylic acids is 1. The molecular weight excluding hydrogens is 108 g/mol. The van der Waals surface area contributed by atoms with Crippen LogP contribution in [0, 0.1) is 0 Å². The third kappa shape index (κ3) is 1.48. The molecule has 8 heavy (non-hydrogen) atoms. The maximum atomic E-state index is 10.2. The fourth-order valence-corrected chi connectivity index (χ4v) is 0.101. The maximum absolute atomic E-state index is 10.2. The monoisotopic (exact) mass is 118 g/mol. The normalized spacial score (nSPS) is 17.4. The zero-order valence-electron chi connectivity index (χ0n) is 4.97. The van der Waals surface area contributed by atoms with E-state index >= 15 is 0 Å². The van der Waals surface area contributed by atoms with Crippen molar-refractivity contribution in [1.82, 2.24) is 0 Å². The Morgan fingerprint density at radius 3 is 2.12 bits per heavy atom. The Kier molecular flexibility index (Phi) is 1.94. The third-order valence-corrected chi connectivity index (χ3v) is 0.913. The van der Waals surface area contributed by atoms with E-state index in [1.54, 1.807) is 0 Å². The van der Waals surface area contributed by atoms with Gasteiger partial charge in [-0.05, 0) is 6.92 Å². The average molecular weight is 118 g/mol. The van der Waals surface area contributed by atoms with Crippen LogP contribution in [0.5, 0.6) is 0 Å². The van der Waals surface area contributed by atoms with Crippen molar-refractivity contribution in [2.24, 2.45) is 11.5 Å². The number of nitrogens with two attached hydrogens (primary N) is 2. The Balaban J connectivity index is 3.91. The molecule has 0 aromatic heterocycles. The second-order valence-electron chi connectivity index (χ2n) is 1.68. The first-order valence-corrected chi connectivity index (χ1v) is 2.14. The van der Waals surface area contributed by atoms with E-state index < -0.39 is 11.6 Å². The summed E-state index contributed by atoms with van der Waals surface area (Å²) in [4.78, 5) is 10.2.